The first-order chi connectivity index (χ1) is 11.7. The molecule has 0 unspecified atom stereocenters. The van der Waals surface area contributed by atoms with Crippen LogP contribution in [0.15, 0.2) is 33.7 Å². The minimum atomic E-state index is -0.324. The van der Waals surface area contributed by atoms with Gasteiger partial charge in [-0.25, -0.2) is 0 Å². The average molecular weight is 326 g/mol. The Labute approximate surface area is 135 Å². The molecule has 9 nitrogen and oxygen atoms in total. The van der Waals surface area contributed by atoms with Crippen LogP contribution in [0.3, 0.4) is 0 Å². The van der Waals surface area contributed by atoms with E-state index in [-0.39, 0.29) is 29.7 Å². The number of rotatable bonds is 5. The third-order valence-corrected chi connectivity index (χ3v) is 3.77. The van der Waals surface area contributed by atoms with Gasteiger partial charge in [-0.2, -0.15) is 10.1 Å². The molecule has 24 heavy (non-hydrogen) atoms. The Morgan fingerprint density at radius 1 is 1.42 bits per heavy atom. The molecule has 1 aliphatic carbocycles. The number of hydrogen-bond acceptors (Lipinski definition) is 6. The minimum absolute atomic E-state index is 0.0577. The van der Waals surface area contributed by atoms with Gasteiger partial charge in [-0.1, -0.05) is 5.16 Å². The number of aromatic nitrogens is 5. The van der Waals surface area contributed by atoms with Gasteiger partial charge in [0, 0.05) is 17.8 Å². The van der Waals surface area contributed by atoms with Crippen LogP contribution in [-0.4, -0.2) is 31.2 Å². The lowest BCUT2D eigenvalue weighted by Crippen LogP contribution is -2.23. The molecule has 0 aromatic carbocycles. The summed E-state index contributed by atoms with van der Waals surface area (Å²) >= 11 is 0. The zero-order valence-corrected chi connectivity index (χ0v) is 12.6. The number of nitrogens with zero attached hydrogens (tertiary/aromatic N) is 3. The molecule has 1 amide bonds. The molecule has 1 aliphatic rings. The van der Waals surface area contributed by atoms with Crippen LogP contribution in [0.4, 0.5) is 0 Å². The Morgan fingerprint density at radius 2 is 2.29 bits per heavy atom. The monoisotopic (exact) mass is 326 g/mol. The molecule has 3 aromatic heterocycles. The van der Waals surface area contributed by atoms with E-state index >= 15 is 0 Å². The maximum atomic E-state index is 12.1. The molecule has 3 heterocycles. The van der Waals surface area contributed by atoms with Crippen molar-refractivity contribution in [2.45, 2.75) is 25.3 Å². The largest absolute Gasteiger partial charge is 0.342 e. The molecule has 0 saturated heterocycles. The van der Waals surface area contributed by atoms with Crippen LogP contribution in [0.1, 0.15) is 40.8 Å². The van der Waals surface area contributed by atoms with Gasteiger partial charge in [0.05, 0.1) is 12.1 Å². The van der Waals surface area contributed by atoms with E-state index in [9.17, 15) is 9.59 Å². The Bertz CT molecular complexity index is 936. The molecule has 0 spiro atoms. The van der Waals surface area contributed by atoms with E-state index < -0.39 is 0 Å². The van der Waals surface area contributed by atoms with Crippen LogP contribution in [0, 0.1) is 0 Å². The second-order valence-corrected chi connectivity index (χ2v) is 5.59. The number of hydrogen-bond donors (Lipinski definition) is 3. The third-order valence-electron chi connectivity index (χ3n) is 3.77. The molecular formula is C15H14N6O3. The van der Waals surface area contributed by atoms with Gasteiger partial charge < -0.3 is 14.8 Å². The summed E-state index contributed by atoms with van der Waals surface area (Å²) in [4.78, 5) is 30.4. The third kappa shape index (κ3) is 2.83. The Balaban J connectivity index is 1.41. The van der Waals surface area contributed by atoms with Crippen LogP contribution in [0.25, 0.3) is 11.4 Å². The molecule has 0 bridgehead atoms. The van der Waals surface area contributed by atoms with Crippen LogP contribution in [0.2, 0.25) is 0 Å². The van der Waals surface area contributed by atoms with Crippen LogP contribution >= 0.6 is 0 Å². The highest BCUT2D eigenvalue weighted by molar-refractivity contribution is 5.92. The average Bonchev–Trinajstić information content (AvgIpc) is 3.13. The van der Waals surface area contributed by atoms with Crippen LogP contribution in [0.5, 0.6) is 0 Å². The fourth-order valence-electron chi connectivity index (χ4n) is 2.34. The number of aromatic amines is 2. The second-order valence-electron chi connectivity index (χ2n) is 5.59. The van der Waals surface area contributed by atoms with Gasteiger partial charge in [-0.15, -0.1) is 0 Å². The molecule has 0 aliphatic heterocycles. The lowest BCUT2D eigenvalue weighted by molar-refractivity contribution is 0.0941. The fraction of sp³-hybridized carbons (Fsp3) is 0.267. The summed E-state index contributed by atoms with van der Waals surface area (Å²) in [5, 5.41) is 13.3. The molecule has 4 rings (SSSR count). The lowest BCUT2D eigenvalue weighted by atomic mass is 10.2. The van der Waals surface area contributed by atoms with Crippen molar-refractivity contribution in [1.82, 2.24) is 30.6 Å². The van der Waals surface area contributed by atoms with E-state index in [0.29, 0.717) is 17.2 Å². The van der Waals surface area contributed by atoms with Gasteiger partial charge in [-0.05, 0) is 31.0 Å². The Hall–Kier alpha value is -3.23. The van der Waals surface area contributed by atoms with Crippen molar-refractivity contribution >= 4 is 5.91 Å². The number of pyridine rings is 1. The Morgan fingerprint density at radius 3 is 3.08 bits per heavy atom. The van der Waals surface area contributed by atoms with Gasteiger partial charge >= 0.3 is 0 Å². The highest BCUT2D eigenvalue weighted by atomic mass is 16.5. The predicted molar refractivity (Wildman–Crippen MR) is 82.1 cm³/mol. The van der Waals surface area contributed by atoms with Crippen molar-refractivity contribution < 1.29 is 9.32 Å². The zero-order valence-electron chi connectivity index (χ0n) is 12.6. The van der Waals surface area contributed by atoms with Crippen molar-refractivity contribution in [1.29, 1.82) is 0 Å². The molecule has 9 heteroatoms. The molecule has 3 aromatic rings. The first-order valence-corrected chi connectivity index (χ1v) is 7.55. The van der Waals surface area contributed by atoms with E-state index in [0.717, 1.165) is 18.5 Å². The van der Waals surface area contributed by atoms with E-state index in [2.05, 4.69) is 30.6 Å². The summed E-state index contributed by atoms with van der Waals surface area (Å²) in [6.07, 6.45) is 3.78. The van der Waals surface area contributed by atoms with Crippen molar-refractivity contribution in [2.75, 3.05) is 0 Å². The van der Waals surface area contributed by atoms with Crippen LogP contribution < -0.4 is 10.9 Å². The Kier molecular flexibility index (Phi) is 3.45. The topological polar surface area (TPSA) is 130 Å². The summed E-state index contributed by atoms with van der Waals surface area (Å²) in [5.41, 5.74) is 1.32. The summed E-state index contributed by atoms with van der Waals surface area (Å²) in [7, 11) is 0. The minimum Gasteiger partial charge on any atom is -0.342 e. The molecule has 0 atom stereocenters. The highest BCUT2D eigenvalue weighted by Gasteiger charge is 2.26. The second kappa shape index (κ2) is 5.76. The van der Waals surface area contributed by atoms with Gasteiger partial charge in [-0.3, -0.25) is 14.7 Å². The fourth-order valence-corrected chi connectivity index (χ4v) is 2.34. The molecule has 1 fully saturated rings. The number of amides is 1. The maximum Gasteiger partial charge on any atom is 0.272 e. The van der Waals surface area contributed by atoms with Crippen molar-refractivity contribution in [3.05, 3.63) is 52.0 Å². The molecule has 122 valence electrons. The number of carbonyl (C=O) groups excluding carboxylic acids is 1. The summed E-state index contributed by atoms with van der Waals surface area (Å²) in [6, 6.07) is 5.02. The zero-order chi connectivity index (χ0) is 16.5. The predicted octanol–water partition coefficient (Wildman–Crippen LogP) is 0.955. The van der Waals surface area contributed by atoms with E-state index in [1.807, 2.05) is 0 Å². The lowest BCUT2D eigenvalue weighted by Gasteiger charge is -1.97. The highest BCUT2D eigenvalue weighted by Crippen LogP contribution is 2.38. The van der Waals surface area contributed by atoms with Gasteiger partial charge in [0.1, 0.15) is 5.69 Å². The van der Waals surface area contributed by atoms with Crippen molar-refractivity contribution in [3.63, 3.8) is 0 Å². The summed E-state index contributed by atoms with van der Waals surface area (Å²) in [6.45, 7) is 0.0577. The number of H-pyrrole nitrogens is 2. The molecular weight excluding hydrogens is 312 g/mol. The quantitative estimate of drug-likeness (QED) is 0.640. The number of carbonyl (C=O) groups is 1. The first kappa shape index (κ1) is 14.4. The molecule has 0 radical (unpaired) electrons. The SMILES string of the molecule is O=C(NCc1nc(-c2ccc[nH]c2=O)no1)c1cc(C2CC2)[nH]n1. The van der Waals surface area contributed by atoms with Crippen molar-refractivity contribution in [2.24, 2.45) is 0 Å². The maximum absolute atomic E-state index is 12.1. The standard InChI is InChI=1S/C15H14N6O3/c22-14-9(2-1-5-16-14)13-18-12(24-21-13)7-17-15(23)11-6-10(19-20-11)8-3-4-8/h1-2,5-6,8H,3-4,7H2,(H,16,22)(H,17,23)(H,19,20). The molecule has 3 N–H and O–H groups in total. The first-order valence-electron chi connectivity index (χ1n) is 7.55. The smallest absolute Gasteiger partial charge is 0.272 e. The van der Waals surface area contributed by atoms with Gasteiger partial charge in [0.15, 0.2) is 0 Å². The van der Waals surface area contributed by atoms with Gasteiger partial charge in [0.2, 0.25) is 11.7 Å². The van der Waals surface area contributed by atoms with Crippen molar-refractivity contribution in [3.8, 4) is 11.4 Å². The molecule has 1 saturated carbocycles. The normalized spacial score (nSPS) is 13.8. The van der Waals surface area contributed by atoms with E-state index in [4.69, 9.17) is 4.52 Å². The van der Waals surface area contributed by atoms with Gasteiger partial charge in [0.25, 0.3) is 11.5 Å². The van der Waals surface area contributed by atoms with E-state index in [1.165, 1.54) is 6.20 Å². The number of nitrogens with one attached hydrogen (secondary N) is 3. The van der Waals surface area contributed by atoms with Crippen LogP contribution in [-0.2, 0) is 6.54 Å². The summed E-state index contributed by atoms with van der Waals surface area (Å²) in [5.74, 6) is 0.563. The summed E-state index contributed by atoms with van der Waals surface area (Å²) < 4.78 is 5.06. The van der Waals surface area contributed by atoms with E-state index in [1.54, 1.807) is 18.2 Å².